The quantitative estimate of drug-likeness (QED) is 0.758. The second-order valence-electron chi connectivity index (χ2n) is 4.88. The van der Waals surface area contributed by atoms with Crippen molar-refractivity contribution in [3.8, 4) is 0 Å². The first kappa shape index (κ1) is 17.1. The summed E-state index contributed by atoms with van der Waals surface area (Å²) in [5, 5.41) is 0. The van der Waals surface area contributed by atoms with Crippen molar-refractivity contribution < 1.29 is 8.42 Å². The first-order chi connectivity index (χ1) is 9.31. The van der Waals surface area contributed by atoms with Crippen LogP contribution in [0.15, 0.2) is 23.1 Å². The second-order valence-corrected chi connectivity index (χ2v) is 7.05. The monoisotopic (exact) mass is 314 g/mol. The smallest absolute Gasteiger partial charge is 0.240 e. The zero-order valence-electron chi connectivity index (χ0n) is 12.1. The largest absolute Gasteiger partial charge is 0.389 e. The highest BCUT2D eigenvalue weighted by atomic mass is 32.2. The average Bonchev–Trinajstić information content (AvgIpc) is 2.39. The number of hydrogen-bond donors (Lipinski definition) is 2. The minimum Gasteiger partial charge on any atom is -0.389 e. The third-order valence-electron chi connectivity index (χ3n) is 3.47. The Hall–Kier alpha value is -0.980. The molecule has 0 aliphatic carbocycles. The van der Waals surface area contributed by atoms with Crippen LogP contribution in [0.25, 0.3) is 0 Å². The van der Waals surface area contributed by atoms with Gasteiger partial charge in [0.1, 0.15) is 4.99 Å². The summed E-state index contributed by atoms with van der Waals surface area (Å²) >= 11 is 4.89. The standard InChI is InChI=1S/C14H22N2O2S2/c1-4-11(5-2)9-16-20(17,18)13-7-6-12(14(15)19)8-10(13)3/h6-8,11,16H,4-5,9H2,1-3H3,(H2,15,19). The van der Waals surface area contributed by atoms with Crippen molar-refractivity contribution in [3.63, 3.8) is 0 Å². The molecule has 0 atom stereocenters. The Balaban J connectivity index is 2.95. The summed E-state index contributed by atoms with van der Waals surface area (Å²) in [5.74, 6) is 0.362. The van der Waals surface area contributed by atoms with Crippen LogP contribution in [0.2, 0.25) is 0 Å². The molecule has 0 spiro atoms. The third-order valence-corrected chi connectivity index (χ3v) is 5.29. The Bertz CT molecular complexity index is 579. The molecular formula is C14H22N2O2S2. The summed E-state index contributed by atoms with van der Waals surface area (Å²) in [5.41, 5.74) is 6.87. The highest BCUT2D eigenvalue weighted by molar-refractivity contribution is 7.89. The number of thiocarbonyl (C=S) groups is 1. The average molecular weight is 314 g/mol. The van der Waals surface area contributed by atoms with Crippen molar-refractivity contribution in [2.24, 2.45) is 11.7 Å². The summed E-state index contributed by atoms with van der Waals surface area (Å²) in [4.78, 5) is 0.547. The van der Waals surface area contributed by atoms with Gasteiger partial charge in [0.15, 0.2) is 0 Å². The van der Waals surface area contributed by atoms with Gasteiger partial charge in [0.05, 0.1) is 4.90 Å². The number of hydrogen-bond acceptors (Lipinski definition) is 3. The van der Waals surface area contributed by atoms with Crippen molar-refractivity contribution in [2.75, 3.05) is 6.54 Å². The number of nitrogens with one attached hydrogen (secondary N) is 1. The molecule has 4 nitrogen and oxygen atoms in total. The van der Waals surface area contributed by atoms with Crippen LogP contribution in [-0.4, -0.2) is 20.0 Å². The normalized spacial score (nSPS) is 11.8. The predicted octanol–water partition coefficient (Wildman–Crippen LogP) is 2.34. The summed E-state index contributed by atoms with van der Waals surface area (Å²) in [6.07, 6.45) is 1.91. The van der Waals surface area contributed by atoms with Gasteiger partial charge in [0, 0.05) is 12.1 Å². The maximum Gasteiger partial charge on any atom is 0.240 e. The summed E-state index contributed by atoms with van der Waals surface area (Å²) in [7, 11) is -3.48. The van der Waals surface area contributed by atoms with Gasteiger partial charge in [0.25, 0.3) is 0 Å². The molecule has 0 fully saturated rings. The number of sulfonamides is 1. The van der Waals surface area contributed by atoms with Crippen LogP contribution in [0.4, 0.5) is 0 Å². The number of aryl methyl sites for hydroxylation is 1. The molecule has 112 valence electrons. The van der Waals surface area contributed by atoms with Crippen LogP contribution in [0.1, 0.15) is 37.8 Å². The molecule has 0 saturated carbocycles. The first-order valence-electron chi connectivity index (χ1n) is 6.71. The highest BCUT2D eigenvalue weighted by Gasteiger charge is 2.18. The molecule has 3 N–H and O–H groups in total. The zero-order chi connectivity index (χ0) is 15.3. The van der Waals surface area contributed by atoms with Crippen molar-refractivity contribution in [3.05, 3.63) is 29.3 Å². The fourth-order valence-corrected chi connectivity index (χ4v) is 3.45. The van der Waals surface area contributed by atoms with Gasteiger partial charge in [-0.25, -0.2) is 13.1 Å². The van der Waals surface area contributed by atoms with Gasteiger partial charge >= 0.3 is 0 Å². The van der Waals surface area contributed by atoms with Crippen molar-refractivity contribution in [1.82, 2.24) is 4.72 Å². The summed E-state index contributed by atoms with van der Waals surface area (Å²) < 4.78 is 27.3. The van der Waals surface area contributed by atoms with E-state index in [0.29, 0.717) is 23.6 Å². The lowest BCUT2D eigenvalue weighted by Crippen LogP contribution is -2.29. The van der Waals surface area contributed by atoms with E-state index in [1.54, 1.807) is 25.1 Å². The lowest BCUT2D eigenvalue weighted by atomic mass is 10.0. The molecule has 0 aliphatic rings. The summed E-state index contributed by atoms with van der Waals surface area (Å²) in [6.45, 7) is 6.33. The van der Waals surface area contributed by atoms with E-state index >= 15 is 0 Å². The topological polar surface area (TPSA) is 72.2 Å². The number of nitrogens with two attached hydrogens (primary N) is 1. The van der Waals surface area contributed by atoms with Gasteiger partial charge < -0.3 is 5.73 Å². The SMILES string of the molecule is CCC(CC)CNS(=O)(=O)c1ccc(C(N)=S)cc1C. The van der Waals surface area contributed by atoms with Gasteiger partial charge in [-0.2, -0.15) is 0 Å². The van der Waals surface area contributed by atoms with Crippen molar-refractivity contribution in [1.29, 1.82) is 0 Å². The molecule has 0 aliphatic heterocycles. The minimum absolute atomic E-state index is 0.266. The van der Waals surface area contributed by atoms with Gasteiger partial charge in [0.2, 0.25) is 10.0 Å². The molecule has 1 rings (SSSR count). The zero-order valence-corrected chi connectivity index (χ0v) is 13.8. The molecule has 1 aromatic carbocycles. The van der Waals surface area contributed by atoms with E-state index in [1.807, 2.05) is 0 Å². The molecule has 0 heterocycles. The second kappa shape index (κ2) is 7.15. The van der Waals surface area contributed by atoms with Gasteiger partial charge in [-0.3, -0.25) is 0 Å². The van der Waals surface area contributed by atoms with Crippen LogP contribution in [0.3, 0.4) is 0 Å². The highest BCUT2D eigenvalue weighted by Crippen LogP contribution is 2.17. The Morgan fingerprint density at radius 2 is 1.95 bits per heavy atom. The van der Waals surface area contributed by atoms with E-state index in [-0.39, 0.29) is 9.88 Å². The Kier molecular flexibility index (Phi) is 6.10. The Labute approximate surface area is 126 Å². The van der Waals surface area contributed by atoms with E-state index in [2.05, 4.69) is 18.6 Å². The van der Waals surface area contributed by atoms with Crippen LogP contribution in [0, 0.1) is 12.8 Å². The van der Waals surface area contributed by atoms with Crippen LogP contribution < -0.4 is 10.5 Å². The Morgan fingerprint density at radius 1 is 1.35 bits per heavy atom. The summed E-state index contributed by atoms with van der Waals surface area (Å²) in [6, 6.07) is 4.90. The van der Waals surface area contributed by atoms with Gasteiger partial charge in [-0.05, 0) is 30.5 Å². The fraction of sp³-hybridized carbons (Fsp3) is 0.500. The number of benzene rings is 1. The van der Waals surface area contributed by atoms with Crippen molar-refractivity contribution >= 4 is 27.2 Å². The first-order valence-corrected chi connectivity index (χ1v) is 8.61. The van der Waals surface area contributed by atoms with Crippen LogP contribution in [0.5, 0.6) is 0 Å². The molecule has 0 unspecified atom stereocenters. The maximum absolute atomic E-state index is 12.3. The fourth-order valence-electron chi connectivity index (χ4n) is 1.99. The van der Waals surface area contributed by atoms with E-state index < -0.39 is 10.0 Å². The minimum atomic E-state index is -3.48. The number of rotatable bonds is 7. The molecular weight excluding hydrogens is 292 g/mol. The van der Waals surface area contributed by atoms with Gasteiger partial charge in [-0.15, -0.1) is 0 Å². The van der Waals surface area contributed by atoms with E-state index in [4.69, 9.17) is 18.0 Å². The van der Waals surface area contributed by atoms with E-state index in [9.17, 15) is 8.42 Å². The lowest BCUT2D eigenvalue weighted by molar-refractivity contribution is 0.479. The molecule has 0 aromatic heterocycles. The van der Waals surface area contributed by atoms with Gasteiger partial charge in [-0.1, -0.05) is 45.0 Å². The van der Waals surface area contributed by atoms with E-state index in [0.717, 1.165) is 12.8 Å². The predicted molar refractivity (Wildman–Crippen MR) is 86.3 cm³/mol. The molecule has 0 saturated heterocycles. The third kappa shape index (κ3) is 4.26. The maximum atomic E-state index is 12.3. The molecule has 0 amide bonds. The molecule has 1 aromatic rings. The van der Waals surface area contributed by atoms with E-state index in [1.165, 1.54) is 0 Å². The Morgan fingerprint density at radius 3 is 2.40 bits per heavy atom. The molecule has 20 heavy (non-hydrogen) atoms. The van der Waals surface area contributed by atoms with Crippen molar-refractivity contribution in [2.45, 2.75) is 38.5 Å². The lowest BCUT2D eigenvalue weighted by Gasteiger charge is -2.15. The molecule has 0 radical (unpaired) electrons. The molecule has 6 heteroatoms. The molecule has 0 bridgehead atoms. The van der Waals surface area contributed by atoms with Crippen LogP contribution in [-0.2, 0) is 10.0 Å². The van der Waals surface area contributed by atoms with Crippen LogP contribution >= 0.6 is 12.2 Å².